The van der Waals surface area contributed by atoms with Crippen LogP contribution in [-0.2, 0) is 9.53 Å². The van der Waals surface area contributed by atoms with E-state index >= 15 is 0 Å². The molecular formula is C17H24N2O4. The minimum Gasteiger partial charge on any atom is -0.478 e. The summed E-state index contributed by atoms with van der Waals surface area (Å²) in [5.41, 5.74) is 0.657. The van der Waals surface area contributed by atoms with Crippen LogP contribution in [0.1, 0.15) is 36.0 Å². The van der Waals surface area contributed by atoms with Gasteiger partial charge in [-0.3, -0.25) is 9.69 Å². The van der Waals surface area contributed by atoms with Gasteiger partial charge in [-0.1, -0.05) is 6.07 Å². The number of carboxylic acids is 1. The van der Waals surface area contributed by atoms with Gasteiger partial charge in [-0.25, -0.2) is 4.79 Å². The van der Waals surface area contributed by atoms with Crippen molar-refractivity contribution in [2.24, 2.45) is 0 Å². The number of hydrogen-bond donors (Lipinski definition) is 2. The normalized spacial score (nSPS) is 17.9. The van der Waals surface area contributed by atoms with Gasteiger partial charge < -0.3 is 15.2 Å². The highest BCUT2D eigenvalue weighted by Gasteiger charge is 2.15. The maximum atomic E-state index is 12.0. The van der Waals surface area contributed by atoms with Crippen molar-refractivity contribution in [3.05, 3.63) is 29.8 Å². The second kappa shape index (κ2) is 8.64. The molecule has 1 aliphatic heterocycles. The fraction of sp³-hybridized carbons (Fsp3) is 0.529. The lowest BCUT2D eigenvalue weighted by Crippen LogP contribution is -2.33. The predicted molar refractivity (Wildman–Crippen MR) is 87.7 cm³/mol. The van der Waals surface area contributed by atoms with E-state index < -0.39 is 5.97 Å². The molecule has 0 spiro atoms. The van der Waals surface area contributed by atoms with Crippen LogP contribution in [0.25, 0.3) is 0 Å². The van der Waals surface area contributed by atoms with E-state index in [1.165, 1.54) is 18.6 Å². The largest absolute Gasteiger partial charge is 0.478 e. The molecule has 1 heterocycles. The number of amides is 1. The first-order valence-electron chi connectivity index (χ1n) is 7.98. The SMILES string of the molecule is CN(CCC1CCCCO1)CC(=O)Nc1cccc(C(=O)O)c1. The number of nitrogens with one attached hydrogen (secondary N) is 1. The molecule has 0 aliphatic carbocycles. The average molecular weight is 320 g/mol. The van der Waals surface area contributed by atoms with Crippen LogP contribution in [0.3, 0.4) is 0 Å². The number of benzene rings is 1. The van der Waals surface area contributed by atoms with Gasteiger partial charge in [0.1, 0.15) is 0 Å². The highest BCUT2D eigenvalue weighted by atomic mass is 16.5. The maximum Gasteiger partial charge on any atom is 0.335 e. The lowest BCUT2D eigenvalue weighted by atomic mass is 10.1. The number of aromatic carboxylic acids is 1. The van der Waals surface area contributed by atoms with E-state index in [1.54, 1.807) is 12.1 Å². The third-order valence-electron chi connectivity index (χ3n) is 3.91. The third-order valence-corrected chi connectivity index (χ3v) is 3.91. The third kappa shape index (κ3) is 6.00. The number of ether oxygens (including phenoxy) is 1. The summed E-state index contributed by atoms with van der Waals surface area (Å²) in [5, 5.41) is 11.7. The molecule has 0 radical (unpaired) electrons. The summed E-state index contributed by atoms with van der Waals surface area (Å²) in [5.74, 6) is -1.16. The van der Waals surface area contributed by atoms with E-state index in [-0.39, 0.29) is 18.0 Å². The summed E-state index contributed by atoms with van der Waals surface area (Å²) < 4.78 is 5.68. The Kier molecular flexibility index (Phi) is 6.55. The Morgan fingerprint density at radius 3 is 2.91 bits per heavy atom. The number of rotatable bonds is 7. The molecule has 126 valence electrons. The van der Waals surface area contributed by atoms with Crippen molar-refractivity contribution < 1.29 is 19.4 Å². The second-order valence-electron chi connectivity index (χ2n) is 5.95. The Balaban J connectivity index is 1.75. The molecule has 1 aromatic rings. The van der Waals surface area contributed by atoms with Crippen molar-refractivity contribution in [3.8, 4) is 0 Å². The van der Waals surface area contributed by atoms with Gasteiger partial charge in [0.15, 0.2) is 0 Å². The van der Waals surface area contributed by atoms with Gasteiger partial charge in [-0.15, -0.1) is 0 Å². The first-order valence-corrected chi connectivity index (χ1v) is 7.98. The molecule has 2 rings (SSSR count). The highest BCUT2D eigenvalue weighted by molar-refractivity contribution is 5.94. The van der Waals surface area contributed by atoms with Gasteiger partial charge >= 0.3 is 5.97 Å². The standard InChI is InChI=1S/C17H24N2O4/c1-19(9-8-15-7-2-3-10-23-15)12-16(20)18-14-6-4-5-13(11-14)17(21)22/h4-6,11,15H,2-3,7-10,12H2,1H3,(H,18,20)(H,21,22). The molecule has 2 N–H and O–H groups in total. The van der Waals surface area contributed by atoms with Crippen molar-refractivity contribution in [2.75, 3.05) is 32.1 Å². The number of nitrogens with zero attached hydrogens (tertiary/aromatic N) is 1. The van der Waals surface area contributed by atoms with Crippen LogP contribution in [0.4, 0.5) is 5.69 Å². The zero-order valence-corrected chi connectivity index (χ0v) is 13.5. The van der Waals surface area contributed by atoms with Crippen LogP contribution in [0, 0.1) is 0 Å². The minimum atomic E-state index is -1.01. The molecule has 0 saturated carbocycles. The molecule has 1 unspecified atom stereocenters. The van der Waals surface area contributed by atoms with Crippen molar-refractivity contribution in [2.45, 2.75) is 31.8 Å². The minimum absolute atomic E-state index is 0.153. The van der Waals surface area contributed by atoms with Gasteiger partial charge in [-0.2, -0.15) is 0 Å². The molecular weight excluding hydrogens is 296 g/mol. The highest BCUT2D eigenvalue weighted by Crippen LogP contribution is 2.15. The van der Waals surface area contributed by atoms with Crippen molar-refractivity contribution in [1.82, 2.24) is 4.90 Å². The van der Waals surface area contributed by atoms with Gasteiger partial charge in [-0.05, 0) is 50.9 Å². The molecule has 1 saturated heterocycles. The lowest BCUT2D eigenvalue weighted by molar-refractivity contribution is -0.117. The van der Waals surface area contributed by atoms with Crippen LogP contribution in [0.2, 0.25) is 0 Å². The fourth-order valence-electron chi connectivity index (χ4n) is 2.65. The van der Waals surface area contributed by atoms with E-state index in [0.29, 0.717) is 11.8 Å². The van der Waals surface area contributed by atoms with Gasteiger partial charge in [0.05, 0.1) is 18.2 Å². The fourth-order valence-corrected chi connectivity index (χ4v) is 2.65. The van der Waals surface area contributed by atoms with E-state index in [1.807, 2.05) is 11.9 Å². The van der Waals surface area contributed by atoms with Gasteiger partial charge in [0.2, 0.25) is 5.91 Å². The maximum absolute atomic E-state index is 12.0. The summed E-state index contributed by atoms with van der Waals surface area (Å²) in [6, 6.07) is 6.24. The Labute approximate surface area is 136 Å². The topological polar surface area (TPSA) is 78.9 Å². The molecule has 1 aromatic carbocycles. The van der Waals surface area contributed by atoms with Crippen LogP contribution in [-0.4, -0.2) is 54.7 Å². The van der Waals surface area contributed by atoms with Crippen LogP contribution in [0.15, 0.2) is 24.3 Å². The van der Waals surface area contributed by atoms with Gasteiger partial charge in [0.25, 0.3) is 0 Å². The predicted octanol–water partition coefficient (Wildman–Crippen LogP) is 2.21. The molecule has 0 bridgehead atoms. The van der Waals surface area contributed by atoms with E-state index in [0.717, 1.165) is 32.4 Å². The first-order chi connectivity index (χ1) is 11.0. The summed E-state index contributed by atoms with van der Waals surface area (Å²) in [7, 11) is 1.90. The number of carbonyl (C=O) groups is 2. The molecule has 1 amide bonds. The molecule has 1 atom stereocenters. The van der Waals surface area contributed by atoms with Crippen LogP contribution >= 0.6 is 0 Å². The second-order valence-corrected chi connectivity index (χ2v) is 5.95. The first kappa shape index (κ1) is 17.4. The summed E-state index contributed by atoms with van der Waals surface area (Å²) in [6.07, 6.45) is 4.70. The number of likely N-dealkylation sites (N-methyl/N-ethyl adjacent to an activating group) is 1. The monoisotopic (exact) mass is 320 g/mol. The van der Waals surface area contributed by atoms with Crippen molar-refractivity contribution in [3.63, 3.8) is 0 Å². The number of carboxylic acid groups (broad SMARTS) is 1. The van der Waals surface area contributed by atoms with Crippen molar-refractivity contribution >= 4 is 17.6 Å². The quantitative estimate of drug-likeness (QED) is 0.805. The van der Waals surface area contributed by atoms with E-state index in [2.05, 4.69) is 5.32 Å². The molecule has 6 nitrogen and oxygen atoms in total. The number of carbonyl (C=O) groups excluding carboxylic acids is 1. The Hall–Kier alpha value is -1.92. The summed E-state index contributed by atoms with van der Waals surface area (Å²) >= 11 is 0. The Bertz CT molecular complexity index is 541. The number of hydrogen-bond acceptors (Lipinski definition) is 4. The summed E-state index contributed by atoms with van der Waals surface area (Å²) in [4.78, 5) is 24.9. The molecule has 6 heteroatoms. The van der Waals surface area contributed by atoms with E-state index in [9.17, 15) is 9.59 Å². The number of anilines is 1. The molecule has 1 fully saturated rings. The Morgan fingerprint density at radius 2 is 2.22 bits per heavy atom. The smallest absolute Gasteiger partial charge is 0.335 e. The van der Waals surface area contributed by atoms with Gasteiger partial charge in [0, 0.05) is 18.8 Å². The molecule has 23 heavy (non-hydrogen) atoms. The zero-order valence-electron chi connectivity index (χ0n) is 13.5. The molecule has 0 aromatic heterocycles. The lowest BCUT2D eigenvalue weighted by Gasteiger charge is -2.25. The zero-order chi connectivity index (χ0) is 16.7. The van der Waals surface area contributed by atoms with E-state index in [4.69, 9.17) is 9.84 Å². The molecule has 1 aliphatic rings. The summed E-state index contributed by atoms with van der Waals surface area (Å²) in [6.45, 7) is 1.91. The van der Waals surface area contributed by atoms with Crippen LogP contribution in [0.5, 0.6) is 0 Å². The Morgan fingerprint density at radius 1 is 1.39 bits per heavy atom. The average Bonchev–Trinajstić information content (AvgIpc) is 2.54. The van der Waals surface area contributed by atoms with Crippen molar-refractivity contribution in [1.29, 1.82) is 0 Å². The van der Waals surface area contributed by atoms with Crippen LogP contribution < -0.4 is 5.32 Å².